The topological polar surface area (TPSA) is 91.2 Å². The van der Waals surface area contributed by atoms with Gasteiger partial charge in [-0.2, -0.15) is 14.5 Å². The molecule has 8 nitrogen and oxygen atoms in total. The van der Waals surface area contributed by atoms with E-state index >= 15 is 0 Å². The van der Waals surface area contributed by atoms with E-state index in [1.54, 1.807) is 31.2 Å². The number of amides is 1. The number of rotatable bonds is 7. The second-order valence-corrected chi connectivity index (χ2v) is 7.75. The van der Waals surface area contributed by atoms with E-state index < -0.39 is 0 Å². The number of nitrogens with one attached hydrogen (secondary N) is 1. The van der Waals surface area contributed by atoms with Crippen molar-refractivity contribution in [2.45, 2.75) is 10.1 Å². The molecule has 0 saturated heterocycles. The first-order valence-electron chi connectivity index (χ1n) is 8.81. The minimum atomic E-state index is -0.348. The van der Waals surface area contributed by atoms with Crippen LogP contribution in [0.25, 0.3) is 5.69 Å². The highest BCUT2D eigenvalue weighted by atomic mass is 32.2. The number of aromatic nitrogens is 4. The summed E-state index contributed by atoms with van der Waals surface area (Å²) >= 11 is 2.53. The third kappa shape index (κ3) is 4.61. The van der Waals surface area contributed by atoms with Gasteiger partial charge in [-0.05, 0) is 66.4 Å². The average Bonchev–Trinajstić information content (AvgIpc) is 3.44. The predicted molar refractivity (Wildman–Crippen MR) is 115 cm³/mol. The maximum absolute atomic E-state index is 12.5. The van der Waals surface area contributed by atoms with Gasteiger partial charge < -0.3 is 9.47 Å². The largest absolute Gasteiger partial charge is 0.497 e. The third-order valence-corrected chi connectivity index (χ3v) is 5.67. The van der Waals surface area contributed by atoms with Crippen LogP contribution in [0.1, 0.15) is 10.5 Å². The van der Waals surface area contributed by atoms with Gasteiger partial charge in [0.25, 0.3) is 5.91 Å². The summed E-state index contributed by atoms with van der Waals surface area (Å²) in [6, 6.07) is 16.6. The normalized spacial score (nSPS) is 10.6. The molecular formula is C20H17N5O3S2. The highest BCUT2D eigenvalue weighted by molar-refractivity contribution is 7.99. The molecule has 4 rings (SSSR count). The summed E-state index contributed by atoms with van der Waals surface area (Å²) in [6.45, 7) is 0. The quantitative estimate of drug-likeness (QED) is 0.463. The van der Waals surface area contributed by atoms with Crippen molar-refractivity contribution >= 4 is 34.3 Å². The number of hydrogen-bond donors (Lipinski definition) is 1. The zero-order valence-corrected chi connectivity index (χ0v) is 17.7. The van der Waals surface area contributed by atoms with E-state index in [0.29, 0.717) is 10.3 Å². The molecule has 30 heavy (non-hydrogen) atoms. The van der Waals surface area contributed by atoms with E-state index in [2.05, 4.69) is 19.8 Å². The Kier molecular flexibility index (Phi) is 5.96. The van der Waals surface area contributed by atoms with Gasteiger partial charge in [-0.3, -0.25) is 10.1 Å². The predicted octanol–water partition coefficient (Wildman–Crippen LogP) is 4.14. The van der Waals surface area contributed by atoms with Gasteiger partial charge in [0, 0.05) is 22.6 Å². The number of hydrogen-bond acceptors (Lipinski definition) is 8. The molecule has 4 aromatic rings. The lowest BCUT2D eigenvalue weighted by atomic mass is 10.3. The van der Waals surface area contributed by atoms with Crippen LogP contribution in [0.15, 0.2) is 70.8 Å². The Morgan fingerprint density at radius 2 is 1.67 bits per heavy atom. The van der Waals surface area contributed by atoms with Gasteiger partial charge >= 0.3 is 0 Å². The molecule has 1 amide bonds. The molecule has 0 unspecified atom stereocenters. The molecular weight excluding hydrogens is 422 g/mol. The number of ether oxygens (including phenoxy) is 2. The van der Waals surface area contributed by atoms with Crippen molar-refractivity contribution in [3.8, 4) is 17.2 Å². The molecule has 1 N–H and O–H groups in total. The van der Waals surface area contributed by atoms with Crippen molar-refractivity contribution < 1.29 is 14.3 Å². The summed E-state index contributed by atoms with van der Waals surface area (Å²) in [4.78, 5) is 17.8. The Balaban J connectivity index is 1.40. The van der Waals surface area contributed by atoms with Gasteiger partial charge in [-0.25, -0.2) is 4.68 Å². The molecule has 0 fully saturated rings. The fraction of sp³-hybridized carbons (Fsp3) is 0.100. The Labute approximate surface area is 181 Å². The fourth-order valence-corrected chi connectivity index (χ4v) is 3.95. The standard InChI is InChI=1S/C20H17N5O3S2/c1-27-14-5-3-13(4-6-14)25-12-11-17(23-25)18(26)21-19-22-20(24-30-19)29-16-9-7-15(28-2)8-10-16/h3-12H,1-2H3,(H,21,22,24,26). The van der Waals surface area contributed by atoms with E-state index in [4.69, 9.17) is 9.47 Å². The SMILES string of the molecule is COc1ccc(Sc2nsc(NC(=O)c3ccn(-c4ccc(OC)cc4)n3)n2)cc1. The number of methoxy groups -OCH3 is 2. The Hall–Kier alpha value is -3.37. The van der Waals surface area contributed by atoms with E-state index in [0.717, 1.165) is 33.6 Å². The molecule has 0 aliphatic heterocycles. The van der Waals surface area contributed by atoms with Crippen LogP contribution in [-0.2, 0) is 0 Å². The fourth-order valence-electron chi connectivity index (χ4n) is 2.54. The second-order valence-electron chi connectivity index (χ2n) is 5.96. The van der Waals surface area contributed by atoms with Gasteiger partial charge in [0.15, 0.2) is 5.69 Å². The highest BCUT2D eigenvalue weighted by Crippen LogP contribution is 2.29. The van der Waals surface area contributed by atoms with Gasteiger partial charge in [0.2, 0.25) is 10.3 Å². The number of benzene rings is 2. The van der Waals surface area contributed by atoms with Crippen LogP contribution >= 0.6 is 23.3 Å². The van der Waals surface area contributed by atoms with Gasteiger partial charge in [-0.15, -0.1) is 0 Å². The molecule has 2 aromatic carbocycles. The zero-order valence-electron chi connectivity index (χ0n) is 16.1. The highest BCUT2D eigenvalue weighted by Gasteiger charge is 2.14. The molecule has 0 radical (unpaired) electrons. The molecule has 0 aliphatic rings. The van der Waals surface area contributed by atoms with Crippen LogP contribution in [0.2, 0.25) is 0 Å². The van der Waals surface area contributed by atoms with Gasteiger partial charge in [0.05, 0.1) is 19.9 Å². The zero-order chi connectivity index (χ0) is 20.9. The van der Waals surface area contributed by atoms with Gasteiger partial charge in [0.1, 0.15) is 11.5 Å². The van der Waals surface area contributed by atoms with Crippen LogP contribution in [-0.4, -0.2) is 39.3 Å². The first-order chi connectivity index (χ1) is 14.6. The summed E-state index contributed by atoms with van der Waals surface area (Å²) < 4.78 is 16.2. The summed E-state index contributed by atoms with van der Waals surface area (Å²) in [5.41, 5.74) is 1.11. The molecule has 10 heteroatoms. The Bertz CT molecular complexity index is 1140. The van der Waals surface area contributed by atoms with Crippen LogP contribution in [0.4, 0.5) is 5.13 Å². The lowest BCUT2D eigenvalue weighted by Crippen LogP contribution is -2.13. The van der Waals surface area contributed by atoms with Crippen molar-refractivity contribution in [3.63, 3.8) is 0 Å². The molecule has 2 heterocycles. The minimum Gasteiger partial charge on any atom is -0.497 e. The first-order valence-corrected chi connectivity index (χ1v) is 10.4. The molecule has 0 spiro atoms. The number of anilines is 1. The maximum atomic E-state index is 12.5. The van der Waals surface area contributed by atoms with Crippen molar-refractivity contribution in [1.82, 2.24) is 19.1 Å². The number of carbonyl (C=O) groups is 1. The van der Waals surface area contributed by atoms with Crippen LogP contribution in [0.3, 0.4) is 0 Å². The van der Waals surface area contributed by atoms with Crippen LogP contribution in [0.5, 0.6) is 11.5 Å². The summed E-state index contributed by atoms with van der Waals surface area (Å²) in [5.74, 6) is 1.19. The van der Waals surface area contributed by atoms with Crippen molar-refractivity contribution in [1.29, 1.82) is 0 Å². The maximum Gasteiger partial charge on any atom is 0.277 e. The first kappa shape index (κ1) is 19.9. The molecule has 2 aromatic heterocycles. The third-order valence-electron chi connectivity index (χ3n) is 4.06. The molecule has 0 aliphatic carbocycles. The van der Waals surface area contributed by atoms with Crippen molar-refractivity contribution in [2.24, 2.45) is 0 Å². The van der Waals surface area contributed by atoms with Crippen LogP contribution in [0, 0.1) is 0 Å². The Morgan fingerprint density at radius 1 is 1.00 bits per heavy atom. The Morgan fingerprint density at radius 3 is 2.33 bits per heavy atom. The number of nitrogens with zero attached hydrogens (tertiary/aromatic N) is 4. The molecule has 0 atom stereocenters. The minimum absolute atomic E-state index is 0.283. The van der Waals surface area contributed by atoms with E-state index in [-0.39, 0.29) is 11.6 Å². The summed E-state index contributed by atoms with van der Waals surface area (Å²) in [6.07, 6.45) is 1.72. The lowest BCUT2D eigenvalue weighted by molar-refractivity contribution is 0.102. The average molecular weight is 440 g/mol. The molecule has 152 valence electrons. The van der Waals surface area contributed by atoms with Crippen LogP contribution < -0.4 is 14.8 Å². The van der Waals surface area contributed by atoms with E-state index in [1.165, 1.54) is 11.8 Å². The smallest absolute Gasteiger partial charge is 0.277 e. The molecule has 0 saturated carbocycles. The van der Waals surface area contributed by atoms with Crippen molar-refractivity contribution in [2.75, 3.05) is 19.5 Å². The van der Waals surface area contributed by atoms with Crippen molar-refractivity contribution in [3.05, 3.63) is 66.5 Å². The molecule has 0 bridgehead atoms. The van der Waals surface area contributed by atoms with Gasteiger partial charge in [-0.1, -0.05) is 0 Å². The second kappa shape index (κ2) is 8.97. The lowest BCUT2D eigenvalue weighted by Gasteiger charge is -2.03. The monoisotopic (exact) mass is 439 g/mol. The van der Waals surface area contributed by atoms with E-state index in [9.17, 15) is 4.79 Å². The number of carbonyl (C=O) groups excluding carboxylic acids is 1. The summed E-state index contributed by atoms with van der Waals surface area (Å²) in [7, 11) is 3.24. The van der Waals surface area contributed by atoms with E-state index in [1.807, 2.05) is 48.5 Å². The summed E-state index contributed by atoms with van der Waals surface area (Å²) in [5, 5.41) is 8.04.